The van der Waals surface area contributed by atoms with Gasteiger partial charge in [-0.3, -0.25) is 9.59 Å². The van der Waals surface area contributed by atoms with Gasteiger partial charge in [0.15, 0.2) is 5.13 Å². The average molecular weight is 402 g/mol. The second-order valence-electron chi connectivity index (χ2n) is 7.27. The van der Waals surface area contributed by atoms with Gasteiger partial charge in [0.1, 0.15) is 0 Å². The molecule has 0 radical (unpaired) electrons. The van der Waals surface area contributed by atoms with Gasteiger partial charge in [-0.2, -0.15) is 11.8 Å². The third-order valence-electron chi connectivity index (χ3n) is 5.58. The monoisotopic (exact) mass is 401 g/mol. The fraction of sp³-hybridized carbons (Fsp3) is 0.450. The molecule has 0 bridgehead atoms. The fourth-order valence-electron chi connectivity index (χ4n) is 3.92. The van der Waals surface area contributed by atoms with Crippen LogP contribution in [0.1, 0.15) is 45.8 Å². The Hall–Kier alpha value is -1.86. The first-order valence-electron chi connectivity index (χ1n) is 9.20. The van der Waals surface area contributed by atoms with Crippen LogP contribution in [-0.4, -0.2) is 38.7 Å². The van der Waals surface area contributed by atoms with Gasteiger partial charge >= 0.3 is 0 Å². The van der Waals surface area contributed by atoms with Crippen molar-refractivity contribution in [2.75, 3.05) is 16.8 Å². The van der Waals surface area contributed by atoms with Gasteiger partial charge < -0.3 is 10.2 Å². The fourth-order valence-corrected chi connectivity index (χ4v) is 6.00. The summed E-state index contributed by atoms with van der Waals surface area (Å²) < 4.78 is 0. The van der Waals surface area contributed by atoms with Crippen molar-refractivity contribution in [1.29, 1.82) is 0 Å². The van der Waals surface area contributed by atoms with E-state index in [1.165, 1.54) is 11.3 Å². The summed E-state index contributed by atoms with van der Waals surface area (Å²) in [6.45, 7) is 4.55. The van der Waals surface area contributed by atoms with Crippen molar-refractivity contribution in [1.82, 2.24) is 9.88 Å². The summed E-state index contributed by atoms with van der Waals surface area (Å²) in [6.07, 6.45) is 2.02. The normalized spacial score (nSPS) is 18.4. The van der Waals surface area contributed by atoms with E-state index in [-0.39, 0.29) is 11.8 Å². The average Bonchev–Trinajstić information content (AvgIpc) is 3.15. The van der Waals surface area contributed by atoms with Crippen molar-refractivity contribution < 1.29 is 9.59 Å². The molecule has 0 unspecified atom stereocenters. The zero-order chi connectivity index (χ0) is 19.0. The van der Waals surface area contributed by atoms with Gasteiger partial charge in [0.25, 0.3) is 5.91 Å². The smallest absolute Gasteiger partial charge is 0.254 e. The highest BCUT2D eigenvalue weighted by Gasteiger charge is 2.45. The number of fused-ring (bicyclic) bond motifs is 1. The van der Waals surface area contributed by atoms with E-state index < -0.39 is 5.54 Å². The van der Waals surface area contributed by atoms with Crippen LogP contribution < -0.4 is 5.32 Å². The van der Waals surface area contributed by atoms with Crippen LogP contribution in [0.25, 0.3) is 0 Å². The molecule has 2 aromatic rings. The standard InChI is InChI=1S/C20H23N3O2S2/c1-13-14(2)27-19(21-13)22-17(24)11-20(7-9-26-10-8-20)23-12-15-5-3-4-6-16(15)18(23)25/h3-6H,7-12H2,1-2H3,(H,21,22,24). The number of amides is 2. The molecule has 1 aromatic carbocycles. The minimum absolute atomic E-state index is 0.0561. The third kappa shape index (κ3) is 3.50. The summed E-state index contributed by atoms with van der Waals surface area (Å²) in [6, 6.07) is 7.78. The Morgan fingerprint density at radius 2 is 2.00 bits per heavy atom. The van der Waals surface area contributed by atoms with Crippen molar-refractivity contribution in [2.45, 2.75) is 45.2 Å². The number of hydrogen-bond acceptors (Lipinski definition) is 5. The first-order valence-corrected chi connectivity index (χ1v) is 11.2. The molecule has 7 heteroatoms. The van der Waals surface area contributed by atoms with Crippen molar-refractivity contribution in [3.05, 3.63) is 46.0 Å². The van der Waals surface area contributed by atoms with E-state index in [0.717, 1.165) is 46.0 Å². The van der Waals surface area contributed by atoms with Gasteiger partial charge in [-0.05, 0) is 49.8 Å². The van der Waals surface area contributed by atoms with Crippen molar-refractivity contribution in [2.24, 2.45) is 0 Å². The molecule has 1 N–H and O–H groups in total. The lowest BCUT2D eigenvalue weighted by atomic mass is 9.86. The molecule has 0 spiro atoms. The maximum Gasteiger partial charge on any atom is 0.254 e. The predicted molar refractivity (Wildman–Crippen MR) is 110 cm³/mol. The van der Waals surface area contributed by atoms with Gasteiger partial charge in [-0.1, -0.05) is 18.2 Å². The number of carbonyl (C=O) groups excluding carboxylic acids is 2. The second kappa shape index (κ2) is 7.28. The molecule has 3 heterocycles. The SMILES string of the molecule is Cc1nc(NC(=O)CC2(N3Cc4ccccc4C3=O)CCSCC2)sc1C. The summed E-state index contributed by atoms with van der Waals surface area (Å²) in [5, 5.41) is 3.60. The molecule has 1 saturated heterocycles. The van der Waals surface area contributed by atoms with Gasteiger partial charge in [0.05, 0.1) is 17.7 Å². The maximum absolute atomic E-state index is 13.1. The molecule has 27 heavy (non-hydrogen) atoms. The molecule has 2 aliphatic heterocycles. The lowest BCUT2D eigenvalue weighted by Gasteiger charge is -2.44. The highest BCUT2D eigenvalue weighted by atomic mass is 32.2. The first-order chi connectivity index (χ1) is 13.0. The molecule has 2 amide bonds. The number of nitrogens with one attached hydrogen (secondary N) is 1. The van der Waals surface area contributed by atoms with E-state index >= 15 is 0 Å². The number of aryl methyl sites for hydroxylation is 2. The number of aromatic nitrogens is 1. The molecule has 0 aliphatic carbocycles. The number of rotatable bonds is 4. The molecule has 4 rings (SSSR count). The number of thioether (sulfide) groups is 1. The minimum Gasteiger partial charge on any atom is -0.328 e. The predicted octanol–water partition coefficient (Wildman–Crippen LogP) is 4.01. The van der Waals surface area contributed by atoms with E-state index in [2.05, 4.69) is 10.3 Å². The van der Waals surface area contributed by atoms with E-state index in [1.807, 2.05) is 54.8 Å². The molecule has 1 fully saturated rings. The molecule has 142 valence electrons. The number of carbonyl (C=O) groups is 2. The third-order valence-corrected chi connectivity index (χ3v) is 7.56. The number of nitrogens with zero attached hydrogens (tertiary/aromatic N) is 2. The Balaban J connectivity index is 1.56. The van der Waals surface area contributed by atoms with Crippen molar-refractivity contribution in [3.63, 3.8) is 0 Å². The molecule has 0 saturated carbocycles. The highest BCUT2D eigenvalue weighted by molar-refractivity contribution is 7.99. The van der Waals surface area contributed by atoms with Crippen LogP contribution in [0, 0.1) is 13.8 Å². The van der Waals surface area contributed by atoms with E-state index in [9.17, 15) is 9.59 Å². The molecule has 1 aromatic heterocycles. The lowest BCUT2D eigenvalue weighted by Crippen LogP contribution is -2.53. The molecule has 2 aliphatic rings. The highest BCUT2D eigenvalue weighted by Crippen LogP contribution is 2.40. The zero-order valence-electron chi connectivity index (χ0n) is 15.6. The summed E-state index contributed by atoms with van der Waals surface area (Å²) in [4.78, 5) is 33.4. The van der Waals surface area contributed by atoms with Crippen LogP contribution in [0.2, 0.25) is 0 Å². The largest absolute Gasteiger partial charge is 0.328 e. The van der Waals surface area contributed by atoms with Crippen LogP contribution in [0.15, 0.2) is 24.3 Å². The van der Waals surface area contributed by atoms with Gasteiger partial charge in [0.2, 0.25) is 5.91 Å². The Kier molecular flexibility index (Phi) is 4.99. The van der Waals surface area contributed by atoms with Gasteiger partial charge in [-0.25, -0.2) is 4.98 Å². The van der Waals surface area contributed by atoms with Crippen LogP contribution in [0.5, 0.6) is 0 Å². The number of thiazole rings is 1. The molecular weight excluding hydrogens is 378 g/mol. The summed E-state index contributed by atoms with van der Waals surface area (Å²) in [5.41, 5.74) is 2.38. The zero-order valence-corrected chi connectivity index (χ0v) is 17.2. The van der Waals surface area contributed by atoms with E-state index in [0.29, 0.717) is 18.1 Å². The van der Waals surface area contributed by atoms with Crippen molar-refractivity contribution in [3.8, 4) is 0 Å². The van der Waals surface area contributed by atoms with Gasteiger partial charge in [0, 0.05) is 17.0 Å². The topological polar surface area (TPSA) is 62.3 Å². The van der Waals surface area contributed by atoms with Crippen LogP contribution >= 0.6 is 23.1 Å². The van der Waals surface area contributed by atoms with Crippen molar-refractivity contribution >= 4 is 40.0 Å². The van der Waals surface area contributed by atoms with Crippen LogP contribution in [-0.2, 0) is 11.3 Å². The van der Waals surface area contributed by atoms with Crippen LogP contribution in [0.4, 0.5) is 5.13 Å². The molecular formula is C20H23N3O2S2. The quantitative estimate of drug-likeness (QED) is 0.841. The second-order valence-corrected chi connectivity index (χ2v) is 9.70. The minimum atomic E-state index is -0.410. The summed E-state index contributed by atoms with van der Waals surface area (Å²) in [7, 11) is 0. The number of benzene rings is 1. The van der Waals surface area contributed by atoms with Crippen LogP contribution in [0.3, 0.4) is 0 Å². The first kappa shape index (κ1) is 18.5. The molecule has 5 nitrogen and oxygen atoms in total. The summed E-state index contributed by atoms with van der Waals surface area (Å²) in [5.74, 6) is 1.96. The van der Waals surface area contributed by atoms with E-state index in [1.54, 1.807) is 0 Å². The Morgan fingerprint density at radius 1 is 1.26 bits per heavy atom. The number of hydrogen-bond donors (Lipinski definition) is 1. The Labute approximate surface area is 167 Å². The Morgan fingerprint density at radius 3 is 2.67 bits per heavy atom. The maximum atomic E-state index is 13.1. The van der Waals surface area contributed by atoms with E-state index in [4.69, 9.17) is 0 Å². The Bertz CT molecular complexity index is 868. The van der Waals surface area contributed by atoms with Gasteiger partial charge in [-0.15, -0.1) is 11.3 Å². The number of anilines is 1. The lowest BCUT2D eigenvalue weighted by molar-refractivity contribution is -0.119. The summed E-state index contributed by atoms with van der Waals surface area (Å²) >= 11 is 3.40. The molecule has 0 atom stereocenters.